The van der Waals surface area contributed by atoms with Crippen molar-refractivity contribution in [1.82, 2.24) is 10.6 Å². The summed E-state index contributed by atoms with van der Waals surface area (Å²) in [4.78, 5) is 13.2. The highest BCUT2D eigenvalue weighted by molar-refractivity contribution is 5.82. The Morgan fingerprint density at radius 2 is 2.04 bits per heavy atom. The lowest BCUT2D eigenvalue weighted by atomic mass is 9.95. The first-order chi connectivity index (χ1) is 13.0. The first kappa shape index (κ1) is 19.3. The van der Waals surface area contributed by atoms with E-state index in [1.54, 1.807) is 11.0 Å². The molecule has 2 aromatic carbocycles. The number of benzene rings is 2. The third-order valence-corrected chi connectivity index (χ3v) is 4.98. The number of carbonyl (C=O) groups is 1. The Morgan fingerprint density at radius 1 is 1.26 bits per heavy atom. The van der Waals surface area contributed by atoms with E-state index in [4.69, 9.17) is 0 Å². The maximum absolute atomic E-state index is 14.4. The zero-order valence-corrected chi connectivity index (χ0v) is 15.5. The monoisotopic (exact) mass is 371 g/mol. The van der Waals surface area contributed by atoms with Gasteiger partial charge in [-0.25, -0.2) is 4.39 Å². The SMILES string of the molecule is CC(c1ccccc1)C(O)CNCc1ccc(N2CCNC(=O)C2)c(F)c1. The number of rotatable bonds is 7. The fourth-order valence-corrected chi connectivity index (χ4v) is 3.28. The van der Waals surface area contributed by atoms with E-state index >= 15 is 0 Å². The Labute approximate surface area is 159 Å². The summed E-state index contributed by atoms with van der Waals surface area (Å²) in [6, 6.07) is 14.9. The number of hydrogen-bond acceptors (Lipinski definition) is 4. The highest BCUT2D eigenvalue weighted by atomic mass is 19.1. The van der Waals surface area contributed by atoms with Gasteiger partial charge in [-0.3, -0.25) is 4.79 Å². The van der Waals surface area contributed by atoms with Gasteiger partial charge in [0, 0.05) is 32.1 Å². The van der Waals surface area contributed by atoms with Crippen LogP contribution in [0.2, 0.25) is 0 Å². The normalized spacial score (nSPS) is 16.7. The minimum atomic E-state index is -0.525. The second-order valence-corrected chi connectivity index (χ2v) is 6.95. The van der Waals surface area contributed by atoms with Crippen molar-refractivity contribution in [3.8, 4) is 0 Å². The van der Waals surface area contributed by atoms with Crippen molar-refractivity contribution < 1.29 is 14.3 Å². The van der Waals surface area contributed by atoms with Crippen molar-refractivity contribution in [1.29, 1.82) is 0 Å². The quantitative estimate of drug-likeness (QED) is 0.697. The zero-order valence-electron chi connectivity index (χ0n) is 15.5. The molecule has 0 bridgehead atoms. The number of halogens is 1. The summed E-state index contributed by atoms with van der Waals surface area (Å²) in [7, 11) is 0. The van der Waals surface area contributed by atoms with E-state index < -0.39 is 6.10 Å². The lowest BCUT2D eigenvalue weighted by Gasteiger charge is -2.29. The van der Waals surface area contributed by atoms with Crippen LogP contribution in [0.15, 0.2) is 48.5 Å². The fourth-order valence-electron chi connectivity index (χ4n) is 3.28. The minimum absolute atomic E-state index is 0.0167. The summed E-state index contributed by atoms with van der Waals surface area (Å²) >= 11 is 0. The molecule has 3 rings (SSSR count). The predicted molar refractivity (Wildman–Crippen MR) is 104 cm³/mol. The second-order valence-electron chi connectivity index (χ2n) is 6.95. The Hall–Kier alpha value is -2.44. The smallest absolute Gasteiger partial charge is 0.239 e. The van der Waals surface area contributed by atoms with Crippen molar-refractivity contribution in [2.45, 2.75) is 25.5 Å². The molecular formula is C21H26FN3O2. The topological polar surface area (TPSA) is 64.6 Å². The standard InChI is InChI=1S/C21H26FN3O2/c1-15(17-5-3-2-4-6-17)20(26)13-23-12-16-7-8-19(18(22)11-16)25-10-9-24-21(27)14-25/h2-8,11,15,20,23,26H,9-10,12-14H2,1H3,(H,24,27). The molecule has 1 amide bonds. The Kier molecular flexibility index (Phi) is 6.42. The van der Waals surface area contributed by atoms with Gasteiger partial charge in [0.05, 0.1) is 18.3 Å². The number of aliphatic hydroxyl groups excluding tert-OH is 1. The molecule has 144 valence electrons. The number of nitrogens with one attached hydrogen (secondary N) is 2. The molecule has 1 saturated heterocycles. The van der Waals surface area contributed by atoms with E-state index in [1.165, 1.54) is 6.07 Å². The van der Waals surface area contributed by atoms with Crippen LogP contribution in [-0.2, 0) is 11.3 Å². The van der Waals surface area contributed by atoms with Gasteiger partial charge in [-0.2, -0.15) is 0 Å². The third kappa shape index (κ3) is 5.05. The van der Waals surface area contributed by atoms with E-state index in [-0.39, 0.29) is 24.2 Å². The van der Waals surface area contributed by atoms with E-state index in [9.17, 15) is 14.3 Å². The number of aliphatic hydroxyl groups is 1. The van der Waals surface area contributed by atoms with Gasteiger partial charge in [-0.15, -0.1) is 0 Å². The first-order valence-electron chi connectivity index (χ1n) is 9.28. The second kappa shape index (κ2) is 8.97. The number of amides is 1. The molecule has 0 radical (unpaired) electrons. The highest BCUT2D eigenvalue weighted by Crippen LogP contribution is 2.22. The van der Waals surface area contributed by atoms with Crippen molar-refractivity contribution in [2.75, 3.05) is 31.1 Å². The number of hydrogen-bond donors (Lipinski definition) is 3. The fraction of sp³-hybridized carbons (Fsp3) is 0.381. The maximum atomic E-state index is 14.4. The van der Waals surface area contributed by atoms with Gasteiger partial charge >= 0.3 is 0 Å². The van der Waals surface area contributed by atoms with Crippen molar-refractivity contribution in [3.63, 3.8) is 0 Å². The molecule has 0 spiro atoms. The third-order valence-electron chi connectivity index (χ3n) is 4.98. The molecule has 1 aliphatic heterocycles. The summed E-state index contributed by atoms with van der Waals surface area (Å²) in [6.45, 7) is 4.19. The molecule has 1 fully saturated rings. The van der Waals surface area contributed by atoms with E-state index in [2.05, 4.69) is 10.6 Å². The molecule has 2 aromatic rings. The summed E-state index contributed by atoms with van der Waals surface area (Å²) in [5.74, 6) is -0.404. The van der Waals surface area contributed by atoms with Crippen LogP contribution in [0.3, 0.4) is 0 Å². The van der Waals surface area contributed by atoms with Crippen LogP contribution < -0.4 is 15.5 Å². The van der Waals surface area contributed by atoms with E-state index in [0.29, 0.717) is 31.9 Å². The molecule has 27 heavy (non-hydrogen) atoms. The van der Waals surface area contributed by atoms with Crippen LogP contribution in [0.1, 0.15) is 24.0 Å². The summed E-state index contributed by atoms with van der Waals surface area (Å²) in [5, 5.41) is 16.3. The summed E-state index contributed by atoms with van der Waals surface area (Å²) in [6.07, 6.45) is -0.525. The van der Waals surface area contributed by atoms with E-state index in [0.717, 1.165) is 11.1 Å². The molecule has 3 N–H and O–H groups in total. The lowest BCUT2D eigenvalue weighted by Crippen LogP contribution is -2.48. The first-order valence-corrected chi connectivity index (χ1v) is 9.28. The zero-order chi connectivity index (χ0) is 19.2. The Balaban J connectivity index is 1.52. The average Bonchev–Trinajstić information content (AvgIpc) is 2.68. The van der Waals surface area contributed by atoms with Crippen LogP contribution in [0.25, 0.3) is 0 Å². The molecule has 0 aliphatic carbocycles. The van der Waals surface area contributed by atoms with Crippen LogP contribution in [0.5, 0.6) is 0 Å². The van der Waals surface area contributed by atoms with Crippen molar-refractivity contribution in [2.24, 2.45) is 0 Å². The molecule has 2 atom stereocenters. The van der Waals surface area contributed by atoms with Crippen molar-refractivity contribution in [3.05, 3.63) is 65.5 Å². The summed E-state index contributed by atoms with van der Waals surface area (Å²) < 4.78 is 14.4. The number of nitrogens with zero attached hydrogens (tertiary/aromatic N) is 1. The number of anilines is 1. The minimum Gasteiger partial charge on any atom is -0.391 e. The van der Waals surface area contributed by atoms with Gasteiger partial charge in [0.15, 0.2) is 0 Å². The molecule has 1 aliphatic rings. The molecule has 2 unspecified atom stereocenters. The van der Waals surface area contributed by atoms with Gasteiger partial charge in [0.2, 0.25) is 5.91 Å². The molecular weight excluding hydrogens is 345 g/mol. The van der Waals surface area contributed by atoms with Crippen molar-refractivity contribution >= 4 is 11.6 Å². The van der Waals surface area contributed by atoms with E-state index in [1.807, 2.05) is 43.3 Å². The number of carbonyl (C=O) groups excluding carboxylic acids is 1. The highest BCUT2D eigenvalue weighted by Gasteiger charge is 2.19. The molecule has 5 nitrogen and oxygen atoms in total. The van der Waals surface area contributed by atoms with Crippen LogP contribution in [-0.4, -0.2) is 43.3 Å². The summed E-state index contributed by atoms with van der Waals surface area (Å²) in [5.41, 5.74) is 2.34. The predicted octanol–water partition coefficient (Wildman–Crippen LogP) is 2.02. The Bertz CT molecular complexity index is 769. The van der Waals surface area contributed by atoms with Crippen LogP contribution in [0.4, 0.5) is 10.1 Å². The van der Waals surface area contributed by atoms with Gasteiger partial charge in [0.25, 0.3) is 0 Å². The number of piperazine rings is 1. The van der Waals surface area contributed by atoms with Gasteiger partial charge < -0.3 is 20.6 Å². The average molecular weight is 371 g/mol. The van der Waals surface area contributed by atoms with Gasteiger partial charge in [-0.1, -0.05) is 43.3 Å². The maximum Gasteiger partial charge on any atom is 0.239 e. The van der Waals surface area contributed by atoms with Gasteiger partial charge in [0.1, 0.15) is 5.82 Å². The Morgan fingerprint density at radius 3 is 2.74 bits per heavy atom. The molecule has 1 heterocycles. The molecule has 6 heteroatoms. The van der Waals surface area contributed by atoms with Crippen LogP contribution in [0, 0.1) is 5.82 Å². The lowest BCUT2D eigenvalue weighted by molar-refractivity contribution is -0.120. The van der Waals surface area contributed by atoms with Gasteiger partial charge in [-0.05, 0) is 23.3 Å². The molecule has 0 aromatic heterocycles. The molecule has 0 saturated carbocycles. The van der Waals surface area contributed by atoms with Crippen LogP contribution >= 0.6 is 0 Å². The largest absolute Gasteiger partial charge is 0.391 e.